The first-order valence-electron chi connectivity index (χ1n) is 19.3. The Hall–Kier alpha value is -0.570. The largest absolute Gasteiger partial charge is 0.455 e. The lowest BCUT2D eigenvalue weighted by atomic mass is 9.47. The minimum Gasteiger partial charge on any atom is -0.455 e. The van der Waals surface area contributed by atoms with Gasteiger partial charge in [-0.1, -0.05) is 65.5 Å². The summed E-state index contributed by atoms with van der Waals surface area (Å²) >= 11 is 0. The van der Waals surface area contributed by atoms with Crippen LogP contribution in [0.1, 0.15) is 131 Å². The summed E-state index contributed by atoms with van der Waals surface area (Å²) < 4.78 is 5.96. The first-order chi connectivity index (χ1) is 22.0. The third kappa shape index (κ3) is 11.5. The standard InChI is InChI=1S/C39H70N4O3.3ClH/c1-28(2)11-8-12-29(3)33-15-16-34-32-14-13-30-27-31(17-19-38(30,4)35(32)18-20-39(33,34)5)46-37(45)36(44)43(26-10-22-41)25-7-6-23-42-24-9-21-40;;;/h13,28-29,31-35,42H,6-12,14-27,40-41H2,1-5H3;3*1H. The highest BCUT2D eigenvalue weighted by atomic mass is 35.5. The highest BCUT2D eigenvalue weighted by Crippen LogP contribution is 2.67. The smallest absolute Gasteiger partial charge is 0.397 e. The van der Waals surface area contributed by atoms with Crippen LogP contribution in [0.5, 0.6) is 0 Å². The molecule has 0 bridgehead atoms. The summed E-state index contributed by atoms with van der Waals surface area (Å²) in [6, 6.07) is 0. The van der Waals surface area contributed by atoms with Crippen LogP contribution in [-0.4, -0.2) is 62.1 Å². The van der Waals surface area contributed by atoms with Crippen molar-refractivity contribution in [3.63, 3.8) is 0 Å². The summed E-state index contributed by atoms with van der Waals surface area (Å²) in [5.74, 6) is 3.68. The van der Waals surface area contributed by atoms with Gasteiger partial charge in [0.2, 0.25) is 0 Å². The third-order valence-corrected chi connectivity index (χ3v) is 13.2. The molecule has 0 saturated heterocycles. The number of carbonyl (C=O) groups is 2. The maximum absolute atomic E-state index is 13.2. The van der Waals surface area contributed by atoms with Crippen molar-refractivity contribution >= 4 is 49.1 Å². The van der Waals surface area contributed by atoms with Crippen LogP contribution < -0.4 is 16.8 Å². The van der Waals surface area contributed by atoms with E-state index in [0.717, 1.165) is 87.1 Å². The van der Waals surface area contributed by atoms with Crippen LogP contribution in [0.4, 0.5) is 0 Å². The van der Waals surface area contributed by atoms with Crippen LogP contribution in [0, 0.1) is 46.3 Å². The Bertz CT molecular complexity index is 1030. The zero-order chi connectivity index (χ0) is 33.3. The zero-order valence-corrected chi connectivity index (χ0v) is 34.0. The van der Waals surface area contributed by atoms with Crippen molar-refractivity contribution in [2.24, 2.45) is 57.8 Å². The number of halogens is 3. The summed E-state index contributed by atoms with van der Waals surface area (Å²) in [6.45, 7) is 16.5. The topological polar surface area (TPSA) is 111 Å². The van der Waals surface area contributed by atoms with Crippen LogP contribution >= 0.6 is 37.2 Å². The number of ether oxygens (including phenoxy) is 1. The number of hydrogen-bond donors (Lipinski definition) is 3. The van der Waals surface area contributed by atoms with Crippen LogP contribution in [0.3, 0.4) is 0 Å². The van der Waals surface area contributed by atoms with Crippen molar-refractivity contribution in [3.05, 3.63) is 11.6 Å². The second-order valence-corrected chi connectivity index (χ2v) is 16.6. The molecule has 4 aliphatic carbocycles. The van der Waals surface area contributed by atoms with Crippen LogP contribution in [-0.2, 0) is 14.3 Å². The number of nitrogens with zero attached hydrogens (tertiary/aromatic N) is 1. The summed E-state index contributed by atoms with van der Waals surface area (Å²) in [5.41, 5.74) is 13.5. The van der Waals surface area contributed by atoms with E-state index in [9.17, 15) is 9.59 Å². The Morgan fingerprint density at radius 3 is 2.27 bits per heavy atom. The van der Waals surface area contributed by atoms with E-state index >= 15 is 0 Å². The van der Waals surface area contributed by atoms with Crippen molar-refractivity contribution in [1.29, 1.82) is 0 Å². The molecule has 0 spiro atoms. The molecule has 0 aromatic rings. The Morgan fingerprint density at radius 1 is 0.878 bits per heavy atom. The highest BCUT2D eigenvalue weighted by Gasteiger charge is 2.59. The molecule has 4 aliphatic rings. The van der Waals surface area contributed by atoms with E-state index in [2.05, 4.69) is 46.0 Å². The first kappa shape index (κ1) is 46.5. The molecule has 8 atom stereocenters. The van der Waals surface area contributed by atoms with Gasteiger partial charge in [0.1, 0.15) is 6.10 Å². The molecule has 7 nitrogen and oxygen atoms in total. The first-order valence-corrected chi connectivity index (χ1v) is 19.3. The van der Waals surface area contributed by atoms with Crippen molar-refractivity contribution in [3.8, 4) is 0 Å². The number of carbonyl (C=O) groups excluding carboxylic acids is 2. The lowest BCUT2D eigenvalue weighted by Gasteiger charge is -2.58. The number of nitrogens with two attached hydrogens (primary N) is 2. The van der Waals surface area contributed by atoms with Crippen molar-refractivity contribution in [1.82, 2.24) is 10.2 Å². The van der Waals surface area contributed by atoms with Gasteiger partial charge in [-0.05, 0) is 143 Å². The molecule has 3 fully saturated rings. The van der Waals surface area contributed by atoms with Gasteiger partial charge in [0.15, 0.2) is 0 Å². The van der Waals surface area contributed by atoms with E-state index < -0.39 is 11.9 Å². The molecular formula is C39H73Cl3N4O3. The van der Waals surface area contributed by atoms with E-state index in [1.54, 1.807) is 4.90 Å². The van der Waals surface area contributed by atoms with Gasteiger partial charge >= 0.3 is 11.9 Å². The van der Waals surface area contributed by atoms with E-state index in [1.165, 1.54) is 56.9 Å². The van der Waals surface area contributed by atoms with Gasteiger partial charge in [0, 0.05) is 19.5 Å². The Labute approximate surface area is 318 Å². The maximum Gasteiger partial charge on any atom is 0.397 e. The molecule has 0 aromatic carbocycles. The van der Waals surface area contributed by atoms with Gasteiger partial charge in [-0.15, -0.1) is 37.2 Å². The molecule has 0 aromatic heterocycles. The van der Waals surface area contributed by atoms with Crippen molar-refractivity contribution in [2.75, 3.05) is 39.3 Å². The fraction of sp³-hybridized carbons (Fsp3) is 0.897. The van der Waals surface area contributed by atoms with Gasteiger partial charge in [0.05, 0.1) is 0 Å². The molecule has 0 radical (unpaired) electrons. The second kappa shape index (κ2) is 21.8. The number of nitrogens with one attached hydrogen (secondary N) is 1. The summed E-state index contributed by atoms with van der Waals surface area (Å²) in [7, 11) is 0. The van der Waals surface area contributed by atoms with E-state index in [0.29, 0.717) is 38.0 Å². The molecule has 49 heavy (non-hydrogen) atoms. The lowest BCUT2D eigenvalue weighted by Crippen LogP contribution is -2.51. The number of amides is 1. The Balaban J connectivity index is 0.00000400. The summed E-state index contributed by atoms with van der Waals surface area (Å²) in [5, 5.41) is 3.38. The predicted octanol–water partition coefficient (Wildman–Crippen LogP) is 8.10. The molecule has 0 aliphatic heterocycles. The summed E-state index contributed by atoms with van der Waals surface area (Å²) in [6.07, 6.45) is 19.3. The minimum absolute atomic E-state index is 0. The fourth-order valence-corrected chi connectivity index (χ4v) is 10.6. The van der Waals surface area contributed by atoms with Crippen LogP contribution in [0.2, 0.25) is 0 Å². The lowest BCUT2D eigenvalue weighted by molar-refractivity contribution is -0.165. The number of fused-ring (bicyclic) bond motifs is 5. The Kier molecular flexibility index (Phi) is 20.7. The average molecular weight is 752 g/mol. The molecule has 4 rings (SSSR count). The van der Waals surface area contributed by atoms with Crippen LogP contribution in [0.25, 0.3) is 0 Å². The van der Waals surface area contributed by atoms with Gasteiger partial charge in [-0.3, -0.25) is 4.79 Å². The predicted molar refractivity (Wildman–Crippen MR) is 211 cm³/mol. The van der Waals surface area contributed by atoms with Crippen molar-refractivity contribution in [2.45, 2.75) is 137 Å². The third-order valence-electron chi connectivity index (χ3n) is 13.2. The monoisotopic (exact) mass is 750 g/mol. The quantitative estimate of drug-likeness (QED) is 0.0600. The number of esters is 1. The maximum atomic E-state index is 13.2. The molecule has 288 valence electrons. The molecule has 3 saturated carbocycles. The van der Waals surface area contributed by atoms with E-state index in [4.69, 9.17) is 16.2 Å². The number of allylic oxidation sites excluding steroid dienone is 1. The molecule has 10 heteroatoms. The normalized spacial score (nSPS) is 30.7. The second-order valence-electron chi connectivity index (χ2n) is 16.6. The van der Waals surface area contributed by atoms with Crippen molar-refractivity contribution < 1.29 is 14.3 Å². The van der Waals surface area contributed by atoms with Gasteiger partial charge in [-0.2, -0.15) is 0 Å². The molecule has 5 N–H and O–H groups in total. The number of unbranched alkanes of at least 4 members (excludes halogenated alkanes) is 1. The minimum atomic E-state index is -0.686. The average Bonchev–Trinajstić information content (AvgIpc) is 3.39. The Morgan fingerprint density at radius 2 is 1.57 bits per heavy atom. The molecular weight excluding hydrogens is 679 g/mol. The molecule has 0 heterocycles. The number of hydrogen-bond acceptors (Lipinski definition) is 6. The fourth-order valence-electron chi connectivity index (χ4n) is 10.6. The number of rotatable bonds is 17. The zero-order valence-electron chi connectivity index (χ0n) is 31.5. The molecule has 8 unspecified atom stereocenters. The van der Waals surface area contributed by atoms with Gasteiger partial charge in [0.25, 0.3) is 0 Å². The van der Waals surface area contributed by atoms with Gasteiger partial charge in [-0.25, -0.2) is 4.79 Å². The van der Waals surface area contributed by atoms with E-state index in [1.807, 2.05) is 0 Å². The SMILES string of the molecule is CC(C)CCCC(C)C1CCC2C3CC=C4CC(OC(=O)C(=O)N(CCCN)CCCCNCCCN)CCC4(C)C3CCC12C.Cl.Cl.Cl. The highest BCUT2D eigenvalue weighted by molar-refractivity contribution is 6.32. The molecule has 1 amide bonds. The van der Waals surface area contributed by atoms with Crippen LogP contribution in [0.15, 0.2) is 11.6 Å². The van der Waals surface area contributed by atoms with E-state index in [-0.39, 0.29) is 48.7 Å². The van der Waals surface area contributed by atoms with Gasteiger partial charge < -0.3 is 26.4 Å². The summed E-state index contributed by atoms with van der Waals surface area (Å²) in [4.78, 5) is 28.0.